The van der Waals surface area contributed by atoms with Crippen molar-refractivity contribution in [2.45, 2.75) is 12.6 Å². The second kappa shape index (κ2) is 8.43. The topological polar surface area (TPSA) is 76.7 Å². The minimum absolute atomic E-state index is 0.339. The van der Waals surface area contributed by atoms with E-state index >= 15 is 0 Å². The molecule has 0 saturated carbocycles. The smallest absolute Gasteiger partial charge is 0.384 e. The lowest BCUT2D eigenvalue weighted by Gasteiger charge is -2.10. The van der Waals surface area contributed by atoms with Crippen molar-refractivity contribution >= 4 is 17.5 Å². The molecule has 2 heterocycles. The Bertz CT molecular complexity index is 1180. The van der Waals surface area contributed by atoms with Crippen molar-refractivity contribution in [3.8, 4) is 11.3 Å². The molecule has 0 fully saturated rings. The Morgan fingerprint density at radius 3 is 2.29 bits per heavy atom. The molecule has 0 spiro atoms. The molecule has 0 aliphatic heterocycles. The third kappa shape index (κ3) is 5.16. The van der Waals surface area contributed by atoms with Crippen molar-refractivity contribution in [1.29, 1.82) is 0 Å². The highest BCUT2D eigenvalue weighted by molar-refractivity contribution is 5.65. The molecule has 31 heavy (non-hydrogen) atoms. The highest BCUT2D eigenvalue weighted by atomic mass is 19.4. The zero-order valence-electron chi connectivity index (χ0n) is 16.3. The third-order valence-electron chi connectivity index (χ3n) is 4.55. The van der Waals surface area contributed by atoms with Crippen LogP contribution in [0.2, 0.25) is 0 Å². The molecule has 4 aromatic rings. The summed E-state index contributed by atoms with van der Waals surface area (Å²) in [5.74, 6) is 0.696. The monoisotopic (exact) mass is 421 g/mol. The van der Waals surface area contributed by atoms with Gasteiger partial charge in [-0.25, -0.2) is 4.98 Å². The SMILES string of the molecule is Nc1cc(-c2ccccc2)nc(Nc2ccc(Cc3ccnc(C(F)(F)F)c3)cc2)n1. The predicted octanol–water partition coefficient (Wildman–Crippen LogP) is 5.47. The van der Waals surface area contributed by atoms with Crippen molar-refractivity contribution in [2.75, 3.05) is 11.1 Å². The average Bonchev–Trinajstić information content (AvgIpc) is 2.75. The van der Waals surface area contributed by atoms with Gasteiger partial charge >= 0.3 is 6.18 Å². The van der Waals surface area contributed by atoms with Crippen molar-refractivity contribution in [1.82, 2.24) is 15.0 Å². The summed E-state index contributed by atoms with van der Waals surface area (Å²) in [6.07, 6.45) is -2.92. The van der Waals surface area contributed by atoms with Crippen LogP contribution in [0.3, 0.4) is 0 Å². The van der Waals surface area contributed by atoms with Crippen LogP contribution in [0.5, 0.6) is 0 Å². The summed E-state index contributed by atoms with van der Waals surface area (Å²) in [6, 6.07) is 21.3. The molecule has 0 bridgehead atoms. The van der Waals surface area contributed by atoms with Crippen LogP contribution in [0.1, 0.15) is 16.8 Å². The fraction of sp³-hybridized carbons (Fsp3) is 0.0870. The van der Waals surface area contributed by atoms with Gasteiger partial charge in [-0.1, -0.05) is 42.5 Å². The average molecular weight is 421 g/mol. The number of pyridine rings is 1. The van der Waals surface area contributed by atoms with Crippen LogP contribution in [-0.4, -0.2) is 15.0 Å². The molecular formula is C23H18F3N5. The number of nitrogens with one attached hydrogen (secondary N) is 1. The van der Waals surface area contributed by atoms with Crippen LogP contribution in [0.15, 0.2) is 79.0 Å². The number of aromatic nitrogens is 3. The molecule has 2 aromatic carbocycles. The Hall–Kier alpha value is -3.94. The lowest BCUT2D eigenvalue weighted by Crippen LogP contribution is -2.08. The molecule has 0 amide bonds. The molecule has 156 valence electrons. The van der Waals surface area contributed by atoms with Gasteiger partial charge in [-0.3, -0.25) is 4.98 Å². The maximum absolute atomic E-state index is 12.8. The van der Waals surface area contributed by atoms with Gasteiger partial charge in [-0.2, -0.15) is 18.2 Å². The van der Waals surface area contributed by atoms with E-state index in [9.17, 15) is 13.2 Å². The summed E-state index contributed by atoms with van der Waals surface area (Å²) >= 11 is 0. The molecule has 2 aromatic heterocycles. The molecule has 4 rings (SSSR count). The van der Waals surface area contributed by atoms with Crippen LogP contribution in [0.4, 0.5) is 30.6 Å². The summed E-state index contributed by atoms with van der Waals surface area (Å²) in [5.41, 5.74) is 8.79. The number of rotatable bonds is 5. The van der Waals surface area contributed by atoms with E-state index in [-0.39, 0.29) is 0 Å². The van der Waals surface area contributed by atoms with E-state index in [4.69, 9.17) is 5.73 Å². The number of halogens is 3. The Balaban J connectivity index is 1.49. The van der Waals surface area contributed by atoms with Crippen LogP contribution in [-0.2, 0) is 12.6 Å². The largest absolute Gasteiger partial charge is 0.433 e. The normalized spacial score (nSPS) is 11.3. The minimum Gasteiger partial charge on any atom is -0.384 e. The molecule has 0 aliphatic carbocycles. The van der Waals surface area contributed by atoms with Gasteiger partial charge in [0.05, 0.1) is 5.69 Å². The zero-order valence-corrected chi connectivity index (χ0v) is 16.3. The van der Waals surface area contributed by atoms with Gasteiger partial charge in [0.25, 0.3) is 0 Å². The molecule has 0 aliphatic rings. The Kier molecular flexibility index (Phi) is 5.53. The standard InChI is InChI=1S/C23H18F3N5/c24-23(25,26)20-13-16(10-11-28-20)12-15-6-8-18(9-7-15)29-22-30-19(14-21(27)31-22)17-4-2-1-3-5-17/h1-11,13-14H,12H2,(H3,27,29,30,31). The fourth-order valence-electron chi connectivity index (χ4n) is 3.09. The number of nitrogens with zero attached hydrogens (tertiary/aromatic N) is 3. The first kappa shape index (κ1) is 20.3. The number of hydrogen-bond acceptors (Lipinski definition) is 5. The van der Waals surface area contributed by atoms with Gasteiger partial charge in [-0.05, 0) is 41.8 Å². The highest BCUT2D eigenvalue weighted by Gasteiger charge is 2.32. The third-order valence-corrected chi connectivity index (χ3v) is 4.55. The van der Waals surface area contributed by atoms with Gasteiger partial charge in [0, 0.05) is 23.5 Å². The van der Waals surface area contributed by atoms with Gasteiger partial charge in [0.2, 0.25) is 5.95 Å². The van der Waals surface area contributed by atoms with Gasteiger partial charge in [0.15, 0.2) is 0 Å². The number of nitrogen functional groups attached to an aromatic ring is 1. The quantitative estimate of drug-likeness (QED) is 0.447. The first-order valence-corrected chi connectivity index (χ1v) is 9.45. The lowest BCUT2D eigenvalue weighted by molar-refractivity contribution is -0.141. The highest BCUT2D eigenvalue weighted by Crippen LogP contribution is 2.28. The summed E-state index contributed by atoms with van der Waals surface area (Å²) in [4.78, 5) is 12.1. The minimum atomic E-state index is -4.46. The Morgan fingerprint density at radius 1 is 0.839 bits per heavy atom. The van der Waals surface area contributed by atoms with Gasteiger partial charge < -0.3 is 11.1 Å². The molecule has 3 N–H and O–H groups in total. The predicted molar refractivity (Wildman–Crippen MR) is 114 cm³/mol. The van der Waals surface area contributed by atoms with Crippen LogP contribution >= 0.6 is 0 Å². The number of hydrogen-bond donors (Lipinski definition) is 2. The van der Waals surface area contributed by atoms with Crippen molar-refractivity contribution < 1.29 is 13.2 Å². The summed E-state index contributed by atoms with van der Waals surface area (Å²) < 4.78 is 38.5. The molecule has 0 saturated heterocycles. The van der Waals surface area contributed by atoms with E-state index < -0.39 is 11.9 Å². The summed E-state index contributed by atoms with van der Waals surface area (Å²) in [7, 11) is 0. The van der Waals surface area contributed by atoms with E-state index in [0.29, 0.717) is 29.4 Å². The fourth-order valence-corrected chi connectivity index (χ4v) is 3.09. The van der Waals surface area contributed by atoms with E-state index in [1.807, 2.05) is 54.6 Å². The summed E-state index contributed by atoms with van der Waals surface area (Å²) in [5, 5.41) is 3.11. The van der Waals surface area contributed by atoms with Gasteiger partial charge in [0.1, 0.15) is 11.5 Å². The van der Waals surface area contributed by atoms with Crippen LogP contribution in [0.25, 0.3) is 11.3 Å². The molecular weight excluding hydrogens is 403 g/mol. The first-order chi connectivity index (χ1) is 14.9. The van der Waals surface area contributed by atoms with E-state index in [0.717, 1.165) is 22.9 Å². The zero-order chi connectivity index (χ0) is 21.8. The maximum Gasteiger partial charge on any atom is 0.433 e. The lowest BCUT2D eigenvalue weighted by atomic mass is 10.0. The second-order valence-electron chi connectivity index (χ2n) is 6.91. The first-order valence-electron chi connectivity index (χ1n) is 9.45. The molecule has 0 radical (unpaired) electrons. The molecule has 0 atom stereocenters. The maximum atomic E-state index is 12.8. The van der Waals surface area contributed by atoms with Crippen LogP contribution in [0, 0.1) is 0 Å². The Labute approximate surface area is 176 Å². The van der Waals surface area contributed by atoms with Crippen LogP contribution < -0.4 is 11.1 Å². The number of benzene rings is 2. The number of anilines is 3. The molecule has 5 nitrogen and oxygen atoms in total. The van der Waals surface area contributed by atoms with Gasteiger partial charge in [-0.15, -0.1) is 0 Å². The Morgan fingerprint density at radius 2 is 1.58 bits per heavy atom. The second-order valence-corrected chi connectivity index (χ2v) is 6.91. The summed E-state index contributed by atoms with van der Waals surface area (Å²) in [6.45, 7) is 0. The van der Waals surface area contributed by atoms with E-state index in [1.165, 1.54) is 6.20 Å². The number of alkyl halides is 3. The number of nitrogens with two attached hydrogens (primary N) is 1. The van der Waals surface area contributed by atoms with Crippen molar-refractivity contribution in [3.05, 3.63) is 95.8 Å². The van der Waals surface area contributed by atoms with Crippen molar-refractivity contribution in [2.24, 2.45) is 0 Å². The van der Waals surface area contributed by atoms with E-state index in [2.05, 4.69) is 20.3 Å². The molecule has 0 unspecified atom stereocenters. The molecule has 8 heteroatoms. The van der Waals surface area contributed by atoms with E-state index in [1.54, 1.807) is 12.1 Å². The van der Waals surface area contributed by atoms with Crippen molar-refractivity contribution in [3.63, 3.8) is 0 Å².